The van der Waals surface area contributed by atoms with Gasteiger partial charge in [-0.3, -0.25) is 4.79 Å². The number of carbonyl (C=O) groups excluding carboxylic acids is 1. The van der Waals surface area contributed by atoms with Gasteiger partial charge in [-0.1, -0.05) is 23.2 Å². The first kappa shape index (κ1) is 17.9. The number of hydrogen-bond acceptors (Lipinski definition) is 5. The van der Waals surface area contributed by atoms with Crippen LogP contribution < -0.4 is 14.9 Å². The van der Waals surface area contributed by atoms with E-state index in [1.807, 2.05) is 0 Å². The van der Waals surface area contributed by atoms with Crippen LogP contribution >= 0.6 is 23.2 Å². The van der Waals surface area contributed by atoms with Gasteiger partial charge < -0.3 is 14.6 Å². The molecule has 0 heterocycles. The number of nitrogens with one attached hydrogen (secondary N) is 1. The Labute approximate surface area is 148 Å². The maximum Gasteiger partial charge on any atom is 0.275 e. The van der Waals surface area contributed by atoms with Gasteiger partial charge in [0.1, 0.15) is 5.75 Å². The number of nitrogens with zero attached hydrogens (tertiary/aromatic N) is 1. The third-order valence-electron chi connectivity index (χ3n) is 3.06. The van der Waals surface area contributed by atoms with Crippen molar-refractivity contribution >= 4 is 35.3 Å². The van der Waals surface area contributed by atoms with Gasteiger partial charge in [-0.25, -0.2) is 5.43 Å². The van der Waals surface area contributed by atoms with E-state index in [1.54, 1.807) is 18.2 Å². The fourth-order valence-corrected chi connectivity index (χ4v) is 2.39. The zero-order valence-electron chi connectivity index (χ0n) is 12.8. The first-order valence-electron chi connectivity index (χ1n) is 6.69. The van der Waals surface area contributed by atoms with E-state index >= 15 is 0 Å². The summed E-state index contributed by atoms with van der Waals surface area (Å²) in [5.74, 6) is 0.109. The second kappa shape index (κ2) is 7.90. The number of aromatic hydroxyl groups is 1. The lowest BCUT2D eigenvalue weighted by atomic mass is 10.2. The van der Waals surface area contributed by atoms with Gasteiger partial charge in [-0.15, -0.1) is 0 Å². The highest BCUT2D eigenvalue weighted by Crippen LogP contribution is 2.31. The maximum atomic E-state index is 12.0. The Morgan fingerprint density at radius 3 is 2.54 bits per heavy atom. The highest BCUT2D eigenvalue weighted by atomic mass is 35.5. The van der Waals surface area contributed by atoms with Crippen molar-refractivity contribution < 1.29 is 19.4 Å². The fraction of sp³-hybridized carbons (Fsp3) is 0.125. The Morgan fingerprint density at radius 2 is 1.88 bits per heavy atom. The van der Waals surface area contributed by atoms with Crippen LogP contribution in [0, 0.1) is 0 Å². The Balaban J connectivity index is 2.13. The highest BCUT2D eigenvalue weighted by Gasteiger charge is 2.14. The molecule has 2 aromatic rings. The number of carbonyl (C=O) groups is 1. The van der Waals surface area contributed by atoms with E-state index in [-0.39, 0.29) is 21.4 Å². The number of methoxy groups -OCH3 is 2. The summed E-state index contributed by atoms with van der Waals surface area (Å²) in [7, 11) is 3.06. The molecule has 0 radical (unpaired) electrons. The van der Waals surface area contributed by atoms with Gasteiger partial charge in [-0.2, -0.15) is 5.10 Å². The topological polar surface area (TPSA) is 80.2 Å². The van der Waals surface area contributed by atoms with Crippen LogP contribution in [0.25, 0.3) is 0 Å². The molecule has 126 valence electrons. The lowest BCUT2D eigenvalue weighted by molar-refractivity contribution is 0.0952. The Hall–Kier alpha value is -2.44. The van der Waals surface area contributed by atoms with Crippen molar-refractivity contribution in [1.29, 1.82) is 0 Å². The molecule has 0 aliphatic rings. The number of hydrogen-bond donors (Lipinski definition) is 2. The molecule has 0 aliphatic heterocycles. The van der Waals surface area contributed by atoms with Crippen molar-refractivity contribution in [3.8, 4) is 17.2 Å². The van der Waals surface area contributed by atoms with Crippen LogP contribution in [0.3, 0.4) is 0 Å². The number of benzene rings is 2. The maximum absolute atomic E-state index is 12.0. The molecule has 0 atom stereocenters. The minimum absolute atomic E-state index is 0.0171. The monoisotopic (exact) mass is 368 g/mol. The fourth-order valence-electron chi connectivity index (χ4n) is 1.90. The lowest BCUT2D eigenvalue weighted by Gasteiger charge is -2.07. The van der Waals surface area contributed by atoms with Crippen LogP contribution in [0.1, 0.15) is 15.9 Å². The third-order valence-corrected chi connectivity index (χ3v) is 3.57. The molecule has 0 aliphatic carbocycles. The summed E-state index contributed by atoms with van der Waals surface area (Å²) in [6.45, 7) is 0. The molecule has 2 rings (SSSR count). The molecule has 2 aromatic carbocycles. The summed E-state index contributed by atoms with van der Waals surface area (Å²) < 4.78 is 10.3. The summed E-state index contributed by atoms with van der Waals surface area (Å²) in [5, 5.41) is 13.8. The molecule has 0 saturated heterocycles. The number of phenolic OH excluding ortho intramolecular Hbond substituents is 1. The van der Waals surface area contributed by atoms with E-state index < -0.39 is 5.91 Å². The number of ether oxygens (including phenoxy) is 2. The summed E-state index contributed by atoms with van der Waals surface area (Å²) >= 11 is 11.6. The quantitative estimate of drug-likeness (QED) is 0.625. The Kier molecular flexibility index (Phi) is 5.89. The van der Waals surface area contributed by atoms with Gasteiger partial charge in [0.15, 0.2) is 11.5 Å². The normalized spacial score (nSPS) is 10.7. The van der Waals surface area contributed by atoms with Gasteiger partial charge in [-0.05, 0) is 35.9 Å². The molecule has 6 nitrogen and oxygen atoms in total. The van der Waals surface area contributed by atoms with Crippen LogP contribution in [-0.4, -0.2) is 31.4 Å². The third kappa shape index (κ3) is 4.10. The van der Waals surface area contributed by atoms with Crippen molar-refractivity contribution in [1.82, 2.24) is 5.43 Å². The van der Waals surface area contributed by atoms with E-state index in [9.17, 15) is 9.90 Å². The van der Waals surface area contributed by atoms with Crippen molar-refractivity contribution in [2.45, 2.75) is 0 Å². The summed E-state index contributed by atoms with van der Waals surface area (Å²) in [6.07, 6.45) is 1.42. The molecule has 0 fully saturated rings. The smallest absolute Gasteiger partial charge is 0.275 e. The predicted molar refractivity (Wildman–Crippen MR) is 92.7 cm³/mol. The largest absolute Gasteiger partial charge is 0.506 e. The highest BCUT2D eigenvalue weighted by molar-refractivity contribution is 6.36. The zero-order valence-corrected chi connectivity index (χ0v) is 14.4. The first-order valence-corrected chi connectivity index (χ1v) is 7.45. The minimum atomic E-state index is -0.645. The van der Waals surface area contributed by atoms with Crippen LogP contribution in [0.15, 0.2) is 35.4 Å². The number of rotatable bonds is 5. The molecule has 2 N–H and O–H groups in total. The van der Waals surface area contributed by atoms with E-state index in [1.165, 1.54) is 32.6 Å². The predicted octanol–water partition coefficient (Wildman–Crippen LogP) is 3.48. The van der Waals surface area contributed by atoms with Crippen molar-refractivity contribution in [2.24, 2.45) is 5.10 Å². The van der Waals surface area contributed by atoms with Crippen LogP contribution in [0.4, 0.5) is 0 Å². The zero-order chi connectivity index (χ0) is 17.7. The van der Waals surface area contributed by atoms with Gasteiger partial charge in [0.05, 0.1) is 31.0 Å². The van der Waals surface area contributed by atoms with Gasteiger partial charge >= 0.3 is 0 Å². The molecular weight excluding hydrogens is 355 g/mol. The molecule has 8 heteroatoms. The standard InChI is InChI=1S/C16H14Cl2N2O4/c1-23-13-4-3-9(5-14(13)24-2)8-19-20-16(22)11-6-10(17)7-12(18)15(11)21/h3-8,21H,1-2H3,(H,20,22). The van der Waals surface area contributed by atoms with Gasteiger partial charge in [0.25, 0.3) is 5.91 Å². The SMILES string of the molecule is COc1ccc(C=NNC(=O)c2cc(Cl)cc(Cl)c2O)cc1OC. The second-order valence-corrected chi connectivity index (χ2v) is 5.44. The van der Waals surface area contributed by atoms with Crippen LogP contribution in [-0.2, 0) is 0 Å². The Bertz CT molecular complexity index is 794. The van der Waals surface area contributed by atoms with Crippen molar-refractivity contribution in [3.05, 3.63) is 51.5 Å². The average molecular weight is 369 g/mol. The molecule has 0 unspecified atom stereocenters. The summed E-state index contributed by atoms with van der Waals surface area (Å²) in [5.41, 5.74) is 2.90. The molecule has 0 saturated carbocycles. The summed E-state index contributed by atoms with van der Waals surface area (Å²) in [6, 6.07) is 7.78. The Morgan fingerprint density at radius 1 is 1.17 bits per heavy atom. The second-order valence-electron chi connectivity index (χ2n) is 4.60. The number of hydrazone groups is 1. The van der Waals surface area contributed by atoms with Crippen LogP contribution in [0.2, 0.25) is 10.0 Å². The van der Waals surface area contributed by atoms with E-state index in [0.717, 1.165) is 0 Å². The number of amides is 1. The van der Waals surface area contributed by atoms with E-state index in [4.69, 9.17) is 32.7 Å². The van der Waals surface area contributed by atoms with Crippen LogP contribution in [0.5, 0.6) is 17.2 Å². The number of phenols is 1. The molecular formula is C16H14Cl2N2O4. The van der Waals surface area contributed by atoms with Gasteiger partial charge in [0, 0.05) is 5.02 Å². The lowest BCUT2D eigenvalue weighted by Crippen LogP contribution is -2.17. The molecule has 0 bridgehead atoms. The average Bonchev–Trinajstić information content (AvgIpc) is 2.57. The minimum Gasteiger partial charge on any atom is -0.506 e. The molecule has 24 heavy (non-hydrogen) atoms. The summed E-state index contributed by atoms with van der Waals surface area (Å²) in [4.78, 5) is 12.0. The van der Waals surface area contributed by atoms with E-state index in [2.05, 4.69) is 10.5 Å². The number of halogens is 2. The van der Waals surface area contributed by atoms with E-state index in [0.29, 0.717) is 17.1 Å². The van der Waals surface area contributed by atoms with Crippen molar-refractivity contribution in [2.75, 3.05) is 14.2 Å². The molecule has 0 aromatic heterocycles. The molecule has 1 amide bonds. The van der Waals surface area contributed by atoms with Gasteiger partial charge in [0.2, 0.25) is 0 Å². The molecule has 0 spiro atoms. The first-order chi connectivity index (χ1) is 11.5. The van der Waals surface area contributed by atoms with Crippen molar-refractivity contribution in [3.63, 3.8) is 0 Å².